The molecule has 1 fully saturated rings. The highest BCUT2D eigenvalue weighted by atomic mass is 32.1. The lowest BCUT2D eigenvalue weighted by Crippen LogP contribution is -2.38. The summed E-state index contributed by atoms with van der Waals surface area (Å²) in [5.74, 6) is -0.984. The van der Waals surface area contributed by atoms with E-state index < -0.39 is 5.97 Å². The number of nitrogens with zero attached hydrogens (tertiary/aromatic N) is 1. The highest BCUT2D eigenvalue weighted by Crippen LogP contribution is 2.62. The highest BCUT2D eigenvalue weighted by molar-refractivity contribution is 7.13. The van der Waals surface area contributed by atoms with Crippen LogP contribution in [-0.4, -0.2) is 28.1 Å². The summed E-state index contributed by atoms with van der Waals surface area (Å²) in [5.41, 5.74) is 0.645. The van der Waals surface area contributed by atoms with E-state index in [4.69, 9.17) is 5.11 Å². The standard InChI is InChI=1S/C14H21N3O3S/c1-7-9(10(18)19)21-8(16-7)6-15-12(20)17-11-13(2,3)14(11,4)5/h11H,6H2,1-5H3,(H,18,19)(H2,15,17,20). The number of carbonyl (C=O) groups excluding carboxylic acids is 1. The van der Waals surface area contributed by atoms with Crippen molar-refractivity contribution in [2.45, 2.75) is 47.2 Å². The molecule has 0 bridgehead atoms. The molecule has 1 aliphatic rings. The molecule has 0 saturated heterocycles. The molecule has 1 aliphatic carbocycles. The largest absolute Gasteiger partial charge is 0.477 e. The first-order valence-corrected chi connectivity index (χ1v) is 7.63. The van der Waals surface area contributed by atoms with Gasteiger partial charge in [-0.05, 0) is 17.8 Å². The molecule has 0 radical (unpaired) electrons. The molecule has 0 atom stereocenters. The van der Waals surface area contributed by atoms with Gasteiger partial charge >= 0.3 is 12.0 Å². The lowest BCUT2D eigenvalue weighted by molar-refractivity contribution is 0.0701. The van der Waals surface area contributed by atoms with E-state index in [0.717, 1.165) is 11.3 Å². The fourth-order valence-electron chi connectivity index (χ4n) is 2.62. The number of carbonyl (C=O) groups is 2. The van der Waals surface area contributed by atoms with Crippen LogP contribution in [0.3, 0.4) is 0 Å². The molecule has 1 aromatic heterocycles. The summed E-state index contributed by atoms with van der Waals surface area (Å²) in [6.45, 7) is 10.4. The second-order valence-corrected chi connectivity index (χ2v) is 7.61. The van der Waals surface area contributed by atoms with E-state index in [1.807, 2.05) is 0 Å². The number of nitrogens with one attached hydrogen (secondary N) is 2. The van der Waals surface area contributed by atoms with Gasteiger partial charge in [0.15, 0.2) is 0 Å². The maximum absolute atomic E-state index is 11.9. The van der Waals surface area contributed by atoms with Gasteiger partial charge in [-0.25, -0.2) is 14.6 Å². The molecule has 3 N–H and O–H groups in total. The van der Waals surface area contributed by atoms with Crippen LogP contribution >= 0.6 is 11.3 Å². The summed E-state index contributed by atoms with van der Waals surface area (Å²) < 4.78 is 0. The first-order chi connectivity index (χ1) is 9.57. The second kappa shape index (κ2) is 4.98. The lowest BCUT2D eigenvalue weighted by atomic mass is 10.0. The van der Waals surface area contributed by atoms with Crippen LogP contribution in [0, 0.1) is 17.8 Å². The number of hydrogen-bond donors (Lipinski definition) is 3. The molecule has 0 spiro atoms. The lowest BCUT2D eigenvalue weighted by Gasteiger charge is -2.07. The van der Waals surface area contributed by atoms with Gasteiger partial charge in [0.1, 0.15) is 9.88 Å². The average Bonchev–Trinajstić information content (AvgIpc) is 2.67. The molecule has 0 unspecified atom stereocenters. The smallest absolute Gasteiger partial charge is 0.347 e. The zero-order valence-corrected chi connectivity index (χ0v) is 13.7. The summed E-state index contributed by atoms with van der Waals surface area (Å²) in [6.07, 6.45) is 0. The van der Waals surface area contributed by atoms with Gasteiger partial charge < -0.3 is 15.7 Å². The van der Waals surface area contributed by atoms with Gasteiger partial charge in [-0.15, -0.1) is 11.3 Å². The van der Waals surface area contributed by atoms with Crippen LogP contribution in [0.5, 0.6) is 0 Å². The minimum absolute atomic E-state index is 0.0819. The Bertz CT molecular complexity index is 578. The Balaban J connectivity index is 1.88. The fraction of sp³-hybridized carbons (Fsp3) is 0.643. The Morgan fingerprint density at radius 3 is 2.29 bits per heavy atom. The van der Waals surface area contributed by atoms with Crippen molar-refractivity contribution in [1.29, 1.82) is 0 Å². The molecule has 1 saturated carbocycles. The van der Waals surface area contributed by atoms with Crippen molar-refractivity contribution in [3.05, 3.63) is 15.6 Å². The predicted molar refractivity (Wildman–Crippen MR) is 80.5 cm³/mol. The Morgan fingerprint density at radius 1 is 1.29 bits per heavy atom. The Labute approximate surface area is 128 Å². The molecule has 1 heterocycles. The number of aromatic carboxylic acids is 1. The summed E-state index contributed by atoms with van der Waals surface area (Å²) >= 11 is 1.09. The average molecular weight is 311 g/mol. The van der Waals surface area contributed by atoms with Crippen molar-refractivity contribution in [1.82, 2.24) is 15.6 Å². The molecule has 2 rings (SSSR count). The molecule has 6 nitrogen and oxygen atoms in total. The molecule has 1 aromatic rings. The number of carboxylic acid groups (broad SMARTS) is 1. The van der Waals surface area contributed by atoms with Gasteiger partial charge in [-0.1, -0.05) is 27.7 Å². The van der Waals surface area contributed by atoms with Gasteiger partial charge in [-0.3, -0.25) is 0 Å². The summed E-state index contributed by atoms with van der Waals surface area (Å²) in [6, 6.07) is -0.110. The van der Waals surface area contributed by atoms with E-state index in [1.165, 1.54) is 0 Å². The number of rotatable bonds is 4. The van der Waals surface area contributed by atoms with Crippen LogP contribution in [-0.2, 0) is 6.54 Å². The topological polar surface area (TPSA) is 91.3 Å². The van der Waals surface area contributed by atoms with Crippen molar-refractivity contribution in [2.24, 2.45) is 10.8 Å². The number of aromatic nitrogens is 1. The van der Waals surface area contributed by atoms with Gasteiger partial charge in [0, 0.05) is 6.04 Å². The maximum Gasteiger partial charge on any atom is 0.347 e. The molecule has 7 heteroatoms. The monoisotopic (exact) mass is 311 g/mol. The third-order valence-corrected chi connectivity index (χ3v) is 5.88. The van der Waals surface area contributed by atoms with Gasteiger partial charge in [-0.2, -0.15) is 0 Å². The first-order valence-electron chi connectivity index (χ1n) is 6.81. The Morgan fingerprint density at radius 2 is 1.86 bits per heavy atom. The van der Waals surface area contributed by atoms with Crippen LogP contribution in [0.15, 0.2) is 0 Å². The van der Waals surface area contributed by atoms with E-state index in [-0.39, 0.29) is 34.3 Å². The number of aryl methyl sites for hydroxylation is 1. The van der Waals surface area contributed by atoms with E-state index >= 15 is 0 Å². The van der Waals surface area contributed by atoms with E-state index in [0.29, 0.717) is 10.7 Å². The van der Waals surface area contributed by atoms with E-state index in [1.54, 1.807) is 6.92 Å². The van der Waals surface area contributed by atoms with Crippen LogP contribution in [0.4, 0.5) is 4.79 Å². The summed E-state index contributed by atoms with van der Waals surface area (Å²) in [5, 5.41) is 15.3. The quantitative estimate of drug-likeness (QED) is 0.796. The van der Waals surface area contributed by atoms with Crippen molar-refractivity contribution < 1.29 is 14.7 Å². The first kappa shape index (κ1) is 15.8. The minimum atomic E-state index is -0.984. The third-order valence-electron chi connectivity index (χ3n) is 4.73. The number of thiazole rings is 1. The Kier molecular flexibility index (Phi) is 3.73. The fourth-order valence-corrected chi connectivity index (χ4v) is 3.46. The maximum atomic E-state index is 11.9. The van der Waals surface area contributed by atoms with E-state index in [2.05, 4.69) is 43.3 Å². The second-order valence-electron chi connectivity index (χ2n) is 6.53. The zero-order chi connectivity index (χ0) is 16.0. The van der Waals surface area contributed by atoms with Crippen LogP contribution < -0.4 is 10.6 Å². The van der Waals surface area contributed by atoms with Crippen molar-refractivity contribution in [2.75, 3.05) is 0 Å². The van der Waals surface area contributed by atoms with Crippen LogP contribution in [0.2, 0.25) is 0 Å². The SMILES string of the molecule is Cc1nc(CNC(=O)NC2C(C)(C)C2(C)C)sc1C(=O)O. The highest BCUT2D eigenvalue weighted by Gasteiger charge is 2.65. The Hall–Kier alpha value is -1.63. The molecular formula is C14H21N3O3S. The number of carboxylic acids is 1. The van der Waals surface area contributed by atoms with Gasteiger partial charge in [0.05, 0.1) is 12.2 Å². The number of urea groups is 1. The van der Waals surface area contributed by atoms with Crippen molar-refractivity contribution >= 4 is 23.3 Å². The summed E-state index contributed by atoms with van der Waals surface area (Å²) in [7, 11) is 0. The molecular weight excluding hydrogens is 290 g/mol. The molecule has 21 heavy (non-hydrogen) atoms. The molecule has 116 valence electrons. The minimum Gasteiger partial charge on any atom is -0.477 e. The molecule has 0 aliphatic heterocycles. The molecule has 2 amide bonds. The molecule has 0 aromatic carbocycles. The third kappa shape index (κ3) is 2.74. The predicted octanol–water partition coefficient (Wildman–Crippen LogP) is 2.38. The summed E-state index contributed by atoms with van der Waals surface area (Å²) in [4.78, 5) is 27.2. The van der Waals surface area contributed by atoms with Gasteiger partial charge in [0.25, 0.3) is 0 Å². The number of hydrogen-bond acceptors (Lipinski definition) is 4. The zero-order valence-electron chi connectivity index (χ0n) is 12.9. The van der Waals surface area contributed by atoms with Crippen molar-refractivity contribution in [3.63, 3.8) is 0 Å². The van der Waals surface area contributed by atoms with Crippen LogP contribution in [0.25, 0.3) is 0 Å². The number of amides is 2. The van der Waals surface area contributed by atoms with Gasteiger partial charge in [0.2, 0.25) is 0 Å². The van der Waals surface area contributed by atoms with Crippen LogP contribution in [0.1, 0.15) is 48.1 Å². The van der Waals surface area contributed by atoms with Crippen molar-refractivity contribution in [3.8, 4) is 0 Å². The van der Waals surface area contributed by atoms with E-state index in [9.17, 15) is 9.59 Å². The normalized spacial score (nSPS) is 19.1.